The second-order valence-electron chi connectivity index (χ2n) is 7.16. The van der Waals surface area contributed by atoms with Gasteiger partial charge in [-0.05, 0) is 63.8 Å². The van der Waals surface area contributed by atoms with Crippen LogP contribution in [0.15, 0.2) is 30.3 Å². The summed E-state index contributed by atoms with van der Waals surface area (Å²) in [5, 5.41) is 14.2. The van der Waals surface area contributed by atoms with Gasteiger partial charge in [-0.15, -0.1) is 0 Å². The molecule has 3 rings (SSSR count). The molecule has 2 unspecified atom stereocenters. The zero-order valence-electron chi connectivity index (χ0n) is 15.3. The summed E-state index contributed by atoms with van der Waals surface area (Å²) in [5.41, 5.74) is 3.91. The highest BCUT2D eigenvalue weighted by Crippen LogP contribution is 2.24. The Morgan fingerprint density at radius 2 is 2.16 bits per heavy atom. The standard InChI is InChI=1S/C20H27N3O2/c1-14-10-15(2)23(21-14)13-17-6-4-7-18(12-17)20(25)22-9-5-8-19(22)11-16(3)24/h4,6-7,10,12,16,19,24H,5,8-9,11,13H2,1-3H3. The van der Waals surface area contributed by atoms with Gasteiger partial charge >= 0.3 is 0 Å². The van der Waals surface area contributed by atoms with Crippen LogP contribution < -0.4 is 0 Å². The monoisotopic (exact) mass is 341 g/mol. The Labute approximate surface area is 149 Å². The third-order valence-electron chi connectivity index (χ3n) is 4.86. The van der Waals surface area contributed by atoms with Crippen LogP contribution in [0.3, 0.4) is 0 Å². The number of aliphatic hydroxyl groups is 1. The van der Waals surface area contributed by atoms with E-state index in [0.29, 0.717) is 13.0 Å². The van der Waals surface area contributed by atoms with Gasteiger partial charge in [0.25, 0.3) is 5.91 Å². The maximum absolute atomic E-state index is 12.9. The van der Waals surface area contributed by atoms with Gasteiger partial charge in [0.1, 0.15) is 0 Å². The molecule has 5 nitrogen and oxygen atoms in total. The lowest BCUT2D eigenvalue weighted by Gasteiger charge is -2.26. The normalized spacial score (nSPS) is 18.6. The fourth-order valence-corrected chi connectivity index (χ4v) is 3.72. The van der Waals surface area contributed by atoms with E-state index in [4.69, 9.17) is 0 Å². The van der Waals surface area contributed by atoms with Crippen molar-refractivity contribution in [3.63, 3.8) is 0 Å². The molecule has 1 fully saturated rings. The number of nitrogens with zero attached hydrogens (tertiary/aromatic N) is 3. The first-order valence-corrected chi connectivity index (χ1v) is 9.03. The summed E-state index contributed by atoms with van der Waals surface area (Å²) in [5.74, 6) is 0.0679. The molecular weight excluding hydrogens is 314 g/mol. The Balaban J connectivity index is 1.76. The SMILES string of the molecule is Cc1cc(C)n(Cc2cccc(C(=O)N3CCCC3CC(C)O)c2)n1. The molecule has 0 bridgehead atoms. The summed E-state index contributed by atoms with van der Waals surface area (Å²) in [6.45, 7) is 7.25. The molecule has 1 N–H and O–H groups in total. The number of carbonyl (C=O) groups is 1. The largest absolute Gasteiger partial charge is 0.393 e. The Kier molecular flexibility index (Phi) is 5.23. The fraction of sp³-hybridized carbons (Fsp3) is 0.500. The van der Waals surface area contributed by atoms with E-state index in [2.05, 4.69) is 11.2 Å². The molecule has 2 heterocycles. The summed E-state index contributed by atoms with van der Waals surface area (Å²) in [7, 11) is 0. The van der Waals surface area contributed by atoms with Gasteiger partial charge in [0.05, 0.1) is 18.3 Å². The third-order valence-corrected chi connectivity index (χ3v) is 4.86. The van der Waals surface area contributed by atoms with Crippen LogP contribution >= 0.6 is 0 Å². The topological polar surface area (TPSA) is 58.4 Å². The molecule has 0 spiro atoms. The zero-order valence-corrected chi connectivity index (χ0v) is 15.3. The Bertz CT molecular complexity index is 751. The highest BCUT2D eigenvalue weighted by Gasteiger charge is 2.30. The Morgan fingerprint density at radius 1 is 1.36 bits per heavy atom. The van der Waals surface area contributed by atoms with E-state index in [1.807, 2.05) is 47.7 Å². The molecule has 25 heavy (non-hydrogen) atoms. The Hall–Kier alpha value is -2.14. The maximum atomic E-state index is 12.9. The molecule has 2 aromatic rings. The molecule has 2 atom stereocenters. The summed E-state index contributed by atoms with van der Waals surface area (Å²) >= 11 is 0. The van der Waals surface area contributed by atoms with Crippen molar-refractivity contribution >= 4 is 5.91 Å². The number of benzene rings is 1. The van der Waals surface area contributed by atoms with Crippen LogP contribution in [0.5, 0.6) is 0 Å². The van der Waals surface area contributed by atoms with Crippen LogP contribution in [-0.2, 0) is 6.54 Å². The number of likely N-dealkylation sites (tertiary alicyclic amines) is 1. The van der Waals surface area contributed by atoms with Gasteiger partial charge in [-0.2, -0.15) is 5.10 Å². The van der Waals surface area contributed by atoms with E-state index in [0.717, 1.165) is 41.9 Å². The molecule has 1 saturated heterocycles. The van der Waals surface area contributed by atoms with Crippen LogP contribution in [0, 0.1) is 13.8 Å². The highest BCUT2D eigenvalue weighted by molar-refractivity contribution is 5.94. The van der Waals surface area contributed by atoms with Crippen molar-refractivity contribution in [2.45, 2.75) is 58.7 Å². The molecule has 1 aliphatic rings. The zero-order chi connectivity index (χ0) is 18.0. The minimum atomic E-state index is -0.379. The van der Waals surface area contributed by atoms with Crippen molar-refractivity contribution < 1.29 is 9.90 Å². The average Bonchev–Trinajstić information content (AvgIpc) is 3.13. The molecule has 0 radical (unpaired) electrons. The molecule has 5 heteroatoms. The number of aryl methyl sites for hydroxylation is 2. The lowest BCUT2D eigenvalue weighted by atomic mass is 10.1. The molecular formula is C20H27N3O2. The number of amides is 1. The van der Waals surface area contributed by atoms with E-state index < -0.39 is 0 Å². The predicted octanol–water partition coefficient (Wildman–Crippen LogP) is 2.92. The van der Waals surface area contributed by atoms with Gasteiger partial charge in [0, 0.05) is 23.8 Å². The summed E-state index contributed by atoms with van der Waals surface area (Å²) in [6, 6.07) is 10.0. The number of aromatic nitrogens is 2. The molecule has 0 aliphatic carbocycles. The van der Waals surface area contributed by atoms with Crippen LogP contribution in [0.4, 0.5) is 0 Å². The maximum Gasteiger partial charge on any atom is 0.254 e. The smallest absolute Gasteiger partial charge is 0.254 e. The van der Waals surface area contributed by atoms with E-state index in [1.54, 1.807) is 6.92 Å². The van der Waals surface area contributed by atoms with E-state index in [-0.39, 0.29) is 18.1 Å². The van der Waals surface area contributed by atoms with E-state index in [9.17, 15) is 9.90 Å². The average molecular weight is 341 g/mol. The van der Waals surface area contributed by atoms with E-state index >= 15 is 0 Å². The summed E-state index contributed by atoms with van der Waals surface area (Å²) < 4.78 is 1.96. The first-order chi connectivity index (χ1) is 11.9. The van der Waals surface area contributed by atoms with Crippen LogP contribution in [0.1, 0.15) is 53.5 Å². The van der Waals surface area contributed by atoms with Crippen LogP contribution in [-0.4, -0.2) is 44.4 Å². The minimum Gasteiger partial charge on any atom is -0.393 e. The molecule has 1 amide bonds. The van der Waals surface area contributed by atoms with Crippen LogP contribution in [0.25, 0.3) is 0 Å². The lowest BCUT2D eigenvalue weighted by molar-refractivity contribution is 0.0682. The van der Waals surface area contributed by atoms with Crippen molar-refractivity contribution in [3.8, 4) is 0 Å². The second kappa shape index (κ2) is 7.40. The number of hydrogen-bond donors (Lipinski definition) is 1. The molecule has 1 aromatic carbocycles. The van der Waals surface area contributed by atoms with Gasteiger partial charge < -0.3 is 10.0 Å². The van der Waals surface area contributed by atoms with Crippen molar-refractivity contribution in [3.05, 3.63) is 52.8 Å². The second-order valence-corrected chi connectivity index (χ2v) is 7.16. The highest BCUT2D eigenvalue weighted by atomic mass is 16.3. The summed E-state index contributed by atoms with van der Waals surface area (Å²) in [4.78, 5) is 14.9. The number of carbonyl (C=O) groups excluding carboxylic acids is 1. The number of aliphatic hydroxyl groups excluding tert-OH is 1. The van der Waals surface area contributed by atoms with E-state index in [1.165, 1.54) is 0 Å². The lowest BCUT2D eigenvalue weighted by Crippen LogP contribution is -2.37. The third kappa shape index (κ3) is 4.10. The number of rotatable bonds is 5. The molecule has 134 valence electrons. The van der Waals surface area contributed by atoms with Gasteiger partial charge in [0.2, 0.25) is 0 Å². The van der Waals surface area contributed by atoms with Gasteiger partial charge in [-0.1, -0.05) is 12.1 Å². The predicted molar refractivity (Wildman–Crippen MR) is 97.6 cm³/mol. The van der Waals surface area contributed by atoms with Gasteiger partial charge in [-0.3, -0.25) is 9.48 Å². The van der Waals surface area contributed by atoms with Crippen molar-refractivity contribution in [1.82, 2.24) is 14.7 Å². The van der Waals surface area contributed by atoms with Crippen molar-refractivity contribution in [2.24, 2.45) is 0 Å². The minimum absolute atomic E-state index is 0.0679. The molecule has 1 aliphatic heterocycles. The first kappa shape index (κ1) is 17.7. The Morgan fingerprint density at radius 3 is 2.84 bits per heavy atom. The molecule has 1 aromatic heterocycles. The molecule has 0 saturated carbocycles. The van der Waals surface area contributed by atoms with Gasteiger partial charge in [0.15, 0.2) is 0 Å². The first-order valence-electron chi connectivity index (χ1n) is 9.03. The van der Waals surface area contributed by atoms with Gasteiger partial charge in [-0.25, -0.2) is 0 Å². The van der Waals surface area contributed by atoms with Crippen molar-refractivity contribution in [1.29, 1.82) is 0 Å². The summed E-state index contributed by atoms with van der Waals surface area (Å²) in [6.07, 6.45) is 2.25. The quantitative estimate of drug-likeness (QED) is 0.910. The van der Waals surface area contributed by atoms with Crippen molar-refractivity contribution in [2.75, 3.05) is 6.54 Å². The van der Waals surface area contributed by atoms with Crippen LogP contribution in [0.2, 0.25) is 0 Å². The number of hydrogen-bond acceptors (Lipinski definition) is 3. The fourth-order valence-electron chi connectivity index (χ4n) is 3.72.